The molecule has 1 amide bonds. The topological polar surface area (TPSA) is 67.6 Å². The second-order valence-electron chi connectivity index (χ2n) is 5.77. The van der Waals surface area contributed by atoms with Crippen molar-refractivity contribution >= 4 is 5.91 Å². The number of carbonyl (C=O) groups excluding carboxylic acids is 1. The van der Waals surface area contributed by atoms with Gasteiger partial charge in [0.05, 0.1) is 6.10 Å². The van der Waals surface area contributed by atoms with Gasteiger partial charge in [0.25, 0.3) is 0 Å². The molecule has 0 radical (unpaired) electrons. The van der Waals surface area contributed by atoms with Gasteiger partial charge in [-0.05, 0) is 25.3 Å². The highest BCUT2D eigenvalue weighted by Gasteiger charge is 2.35. The average molecular weight is 241 g/mol. The van der Waals surface area contributed by atoms with Crippen LogP contribution in [0.2, 0.25) is 0 Å². The summed E-state index contributed by atoms with van der Waals surface area (Å²) in [7, 11) is 0. The maximum absolute atomic E-state index is 11.2. The molecule has 2 heterocycles. The molecular formula is C12H23N3O2. The van der Waals surface area contributed by atoms with Gasteiger partial charge in [0.1, 0.15) is 6.10 Å². The lowest BCUT2D eigenvalue weighted by molar-refractivity contribution is -0.143. The molecule has 17 heavy (non-hydrogen) atoms. The molecule has 2 rings (SSSR count). The maximum Gasteiger partial charge on any atom is 0.247 e. The number of nitrogens with one attached hydrogen (secondary N) is 1. The molecule has 0 aromatic heterocycles. The zero-order chi connectivity index (χ0) is 12.5. The fraction of sp³-hybridized carbons (Fsp3) is 0.917. The summed E-state index contributed by atoms with van der Waals surface area (Å²) in [5, 5.41) is 3.40. The molecule has 5 nitrogen and oxygen atoms in total. The zero-order valence-corrected chi connectivity index (χ0v) is 10.7. The number of amides is 1. The van der Waals surface area contributed by atoms with Crippen molar-refractivity contribution in [1.29, 1.82) is 0 Å². The molecule has 2 fully saturated rings. The van der Waals surface area contributed by atoms with E-state index in [0.29, 0.717) is 12.0 Å². The molecule has 0 saturated carbocycles. The molecule has 3 atom stereocenters. The summed E-state index contributed by atoms with van der Waals surface area (Å²) >= 11 is 0. The normalized spacial score (nSPS) is 39.4. The first-order valence-corrected chi connectivity index (χ1v) is 6.36. The second kappa shape index (κ2) is 4.92. The van der Waals surface area contributed by atoms with Crippen LogP contribution in [0.4, 0.5) is 0 Å². The summed E-state index contributed by atoms with van der Waals surface area (Å²) in [6.45, 7) is 8.98. The van der Waals surface area contributed by atoms with Crippen molar-refractivity contribution < 1.29 is 9.53 Å². The minimum Gasteiger partial charge on any atom is -0.367 e. The van der Waals surface area contributed by atoms with Gasteiger partial charge in [-0.25, -0.2) is 0 Å². The van der Waals surface area contributed by atoms with E-state index in [1.54, 1.807) is 0 Å². The Bertz CT molecular complexity index is 289. The van der Waals surface area contributed by atoms with Crippen LogP contribution < -0.4 is 11.1 Å². The Balaban J connectivity index is 1.93. The number of hydrogen-bond donors (Lipinski definition) is 2. The molecule has 2 unspecified atom stereocenters. The summed E-state index contributed by atoms with van der Waals surface area (Å²) < 4.78 is 5.54. The van der Waals surface area contributed by atoms with Crippen LogP contribution in [0.1, 0.15) is 20.3 Å². The average Bonchev–Trinajstić information content (AvgIpc) is 2.63. The summed E-state index contributed by atoms with van der Waals surface area (Å²) in [5.41, 5.74) is 5.65. The van der Waals surface area contributed by atoms with Crippen molar-refractivity contribution in [2.75, 3.05) is 32.7 Å². The van der Waals surface area contributed by atoms with Crippen LogP contribution in [0.25, 0.3) is 0 Å². The lowest BCUT2D eigenvalue weighted by atomic mass is 9.89. The Morgan fingerprint density at radius 2 is 2.35 bits per heavy atom. The monoisotopic (exact) mass is 241 g/mol. The minimum absolute atomic E-state index is 0.0826. The van der Waals surface area contributed by atoms with Gasteiger partial charge in [-0.2, -0.15) is 0 Å². The van der Waals surface area contributed by atoms with Crippen molar-refractivity contribution in [3.63, 3.8) is 0 Å². The van der Waals surface area contributed by atoms with Gasteiger partial charge in [0.2, 0.25) is 5.91 Å². The number of primary amides is 1. The molecule has 2 aliphatic rings. The van der Waals surface area contributed by atoms with Gasteiger partial charge in [-0.1, -0.05) is 6.92 Å². The molecule has 5 heteroatoms. The lowest BCUT2D eigenvalue weighted by Crippen LogP contribution is -2.54. The quantitative estimate of drug-likeness (QED) is 0.703. The molecule has 0 aromatic carbocycles. The fourth-order valence-electron chi connectivity index (χ4n) is 2.87. The zero-order valence-electron chi connectivity index (χ0n) is 10.7. The van der Waals surface area contributed by atoms with Gasteiger partial charge >= 0.3 is 0 Å². The van der Waals surface area contributed by atoms with Gasteiger partial charge < -0.3 is 15.8 Å². The number of rotatable bonds is 3. The summed E-state index contributed by atoms with van der Waals surface area (Å²) in [6, 6.07) is 0. The Kier molecular flexibility index (Phi) is 3.70. The number of carbonyl (C=O) groups is 1. The van der Waals surface area contributed by atoms with E-state index >= 15 is 0 Å². The first kappa shape index (κ1) is 12.8. The molecule has 2 aliphatic heterocycles. The highest BCUT2D eigenvalue weighted by atomic mass is 16.5. The maximum atomic E-state index is 11.2. The molecule has 0 bridgehead atoms. The van der Waals surface area contributed by atoms with E-state index < -0.39 is 6.10 Å². The number of ether oxygens (including phenoxy) is 1. The number of morpholine rings is 1. The van der Waals surface area contributed by atoms with E-state index in [9.17, 15) is 4.79 Å². The van der Waals surface area contributed by atoms with Crippen LogP contribution >= 0.6 is 0 Å². The van der Waals surface area contributed by atoms with E-state index in [-0.39, 0.29) is 12.0 Å². The van der Waals surface area contributed by atoms with E-state index in [1.807, 2.05) is 6.92 Å². The third-order valence-electron chi connectivity index (χ3n) is 3.72. The first-order chi connectivity index (χ1) is 7.98. The third-order valence-corrected chi connectivity index (χ3v) is 3.72. The smallest absolute Gasteiger partial charge is 0.247 e. The van der Waals surface area contributed by atoms with Crippen LogP contribution in [0.5, 0.6) is 0 Å². The van der Waals surface area contributed by atoms with Crippen molar-refractivity contribution in [2.45, 2.75) is 32.5 Å². The van der Waals surface area contributed by atoms with Crippen LogP contribution in [0.3, 0.4) is 0 Å². The minimum atomic E-state index is -0.447. The Morgan fingerprint density at radius 3 is 2.94 bits per heavy atom. The molecular weight excluding hydrogens is 218 g/mol. The van der Waals surface area contributed by atoms with Gasteiger partial charge in [0.15, 0.2) is 0 Å². The number of hydrogen-bond acceptors (Lipinski definition) is 4. The van der Waals surface area contributed by atoms with Crippen LogP contribution in [0, 0.1) is 5.41 Å². The Hall–Kier alpha value is -0.650. The fourth-order valence-corrected chi connectivity index (χ4v) is 2.87. The van der Waals surface area contributed by atoms with E-state index in [4.69, 9.17) is 10.5 Å². The third kappa shape index (κ3) is 3.18. The second-order valence-corrected chi connectivity index (χ2v) is 5.77. The van der Waals surface area contributed by atoms with Gasteiger partial charge in [0, 0.05) is 26.2 Å². The van der Waals surface area contributed by atoms with Crippen LogP contribution in [-0.2, 0) is 9.53 Å². The summed E-state index contributed by atoms with van der Waals surface area (Å²) in [6.07, 6.45) is 0.830. The molecule has 0 aromatic rings. The number of nitrogens with two attached hydrogens (primary N) is 1. The van der Waals surface area contributed by atoms with Gasteiger partial charge in [-0.3, -0.25) is 9.69 Å². The highest BCUT2D eigenvalue weighted by molar-refractivity contribution is 5.79. The van der Waals surface area contributed by atoms with Crippen molar-refractivity contribution in [3.8, 4) is 0 Å². The molecule has 3 N–H and O–H groups in total. The molecule has 2 saturated heterocycles. The lowest BCUT2D eigenvalue weighted by Gasteiger charge is -2.39. The van der Waals surface area contributed by atoms with Crippen molar-refractivity contribution in [3.05, 3.63) is 0 Å². The number of nitrogens with zero attached hydrogens (tertiary/aromatic N) is 1. The van der Waals surface area contributed by atoms with Crippen LogP contribution in [-0.4, -0.2) is 55.7 Å². The summed E-state index contributed by atoms with van der Waals surface area (Å²) in [5.74, 6) is -0.351. The standard InChI is InChI=1S/C12H23N3O2/c1-9-5-15(6-10(17-9)11(13)16)8-12(2)3-4-14-7-12/h9-10,14H,3-8H2,1-2H3,(H2,13,16)/t9-,10?,12?/m1/s1. The Labute approximate surface area is 103 Å². The van der Waals surface area contributed by atoms with Crippen molar-refractivity contribution in [1.82, 2.24) is 10.2 Å². The van der Waals surface area contributed by atoms with Crippen LogP contribution in [0.15, 0.2) is 0 Å². The highest BCUT2D eigenvalue weighted by Crippen LogP contribution is 2.27. The van der Waals surface area contributed by atoms with Crippen molar-refractivity contribution in [2.24, 2.45) is 11.1 Å². The Morgan fingerprint density at radius 1 is 1.59 bits per heavy atom. The van der Waals surface area contributed by atoms with E-state index in [0.717, 1.165) is 26.2 Å². The van der Waals surface area contributed by atoms with E-state index in [1.165, 1.54) is 6.42 Å². The molecule has 98 valence electrons. The molecule has 0 aliphatic carbocycles. The predicted molar refractivity (Wildman–Crippen MR) is 65.6 cm³/mol. The van der Waals surface area contributed by atoms with E-state index in [2.05, 4.69) is 17.1 Å². The first-order valence-electron chi connectivity index (χ1n) is 6.36. The SMILES string of the molecule is C[C@@H]1CN(CC2(C)CCNC2)CC(C(N)=O)O1. The largest absolute Gasteiger partial charge is 0.367 e. The predicted octanol–water partition coefficient (Wildman–Crippen LogP) is -0.439. The molecule has 0 spiro atoms. The summed E-state index contributed by atoms with van der Waals surface area (Å²) in [4.78, 5) is 13.5. The van der Waals surface area contributed by atoms with Gasteiger partial charge in [-0.15, -0.1) is 0 Å².